The van der Waals surface area contributed by atoms with E-state index in [4.69, 9.17) is 14.2 Å². The average Bonchev–Trinajstić information content (AvgIpc) is 2.60. The van der Waals surface area contributed by atoms with Gasteiger partial charge in [0.05, 0.1) is 13.2 Å². The SMILES string of the molecule is CC(=O)NC1C(O)[C@H](O[C@@H]2OC(CO)[C@@H](O)C(O)C2O)C(CO)O[C@H]1O. The summed E-state index contributed by atoms with van der Waals surface area (Å²) in [5, 5.41) is 70.7. The van der Waals surface area contributed by atoms with Crippen LogP contribution in [0.1, 0.15) is 6.92 Å². The fraction of sp³-hybridized carbons (Fsp3) is 0.929. The van der Waals surface area contributed by atoms with E-state index in [9.17, 15) is 40.5 Å². The summed E-state index contributed by atoms with van der Waals surface area (Å²) in [6.07, 6.45) is -13.6. The van der Waals surface area contributed by atoms with Crippen LogP contribution in [-0.2, 0) is 19.0 Å². The number of rotatable bonds is 5. The van der Waals surface area contributed by atoms with Crippen molar-refractivity contribution in [3.8, 4) is 0 Å². The minimum Gasteiger partial charge on any atom is -0.394 e. The summed E-state index contributed by atoms with van der Waals surface area (Å²) >= 11 is 0. The van der Waals surface area contributed by atoms with Gasteiger partial charge in [-0.25, -0.2) is 0 Å². The molecule has 2 heterocycles. The van der Waals surface area contributed by atoms with Crippen molar-refractivity contribution >= 4 is 5.91 Å². The van der Waals surface area contributed by atoms with Crippen LogP contribution in [0.3, 0.4) is 0 Å². The molecule has 0 aromatic heterocycles. The molecule has 12 heteroatoms. The monoisotopic (exact) mass is 383 g/mol. The molecule has 1 amide bonds. The smallest absolute Gasteiger partial charge is 0.217 e. The lowest BCUT2D eigenvalue weighted by atomic mass is 9.95. The highest BCUT2D eigenvalue weighted by Gasteiger charge is 2.50. The van der Waals surface area contributed by atoms with E-state index in [0.717, 1.165) is 6.92 Å². The maximum Gasteiger partial charge on any atom is 0.217 e. The van der Waals surface area contributed by atoms with Gasteiger partial charge in [-0.1, -0.05) is 0 Å². The zero-order valence-electron chi connectivity index (χ0n) is 14.0. The van der Waals surface area contributed by atoms with Crippen LogP contribution >= 0.6 is 0 Å². The van der Waals surface area contributed by atoms with Gasteiger partial charge in [0, 0.05) is 6.92 Å². The molecule has 0 saturated carbocycles. The first-order valence-electron chi connectivity index (χ1n) is 8.06. The molecule has 0 spiro atoms. The molecule has 0 aliphatic carbocycles. The fourth-order valence-corrected chi connectivity index (χ4v) is 2.98. The van der Waals surface area contributed by atoms with Gasteiger partial charge in [0.1, 0.15) is 48.8 Å². The van der Waals surface area contributed by atoms with E-state index in [1.165, 1.54) is 0 Å². The zero-order valence-corrected chi connectivity index (χ0v) is 14.0. The number of aliphatic hydroxyl groups is 7. The van der Waals surface area contributed by atoms with Gasteiger partial charge < -0.3 is 55.3 Å². The maximum absolute atomic E-state index is 11.2. The summed E-state index contributed by atoms with van der Waals surface area (Å²) in [4.78, 5) is 11.2. The molecule has 8 N–H and O–H groups in total. The Morgan fingerprint density at radius 1 is 0.923 bits per heavy atom. The van der Waals surface area contributed by atoms with Crippen LogP contribution in [0.2, 0.25) is 0 Å². The number of nitrogens with one attached hydrogen (secondary N) is 1. The van der Waals surface area contributed by atoms with Crippen molar-refractivity contribution in [2.75, 3.05) is 13.2 Å². The Kier molecular flexibility index (Phi) is 7.27. The second-order valence-electron chi connectivity index (χ2n) is 6.26. The number of carbonyl (C=O) groups excluding carboxylic acids is 1. The molecule has 6 unspecified atom stereocenters. The number of carbonyl (C=O) groups is 1. The van der Waals surface area contributed by atoms with Crippen molar-refractivity contribution in [2.24, 2.45) is 0 Å². The van der Waals surface area contributed by atoms with Crippen LogP contribution in [0, 0.1) is 0 Å². The number of amides is 1. The zero-order chi connectivity index (χ0) is 19.6. The molecule has 2 aliphatic heterocycles. The number of ether oxygens (including phenoxy) is 3. The molecule has 0 radical (unpaired) electrons. The third-order valence-electron chi connectivity index (χ3n) is 4.38. The predicted octanol–water partition coefficient (Wildman–Crippen LogP) is -5.25. The molecule has 2 rings (SSSR count). The highest BCUT2D eigenvalue weighted by atomic mass is 16.7. The highest BCUT2D eigenvalue weighted by Crippen LogP contribution is 2.28. The molecule has 2 saturated heterocycles. The lowest BCUT2D eigenvalue weighted by molar-refractivity contribution is -0.345. The minimum atomic E-state index is -1.73. The minimum absolute atomic E-state index is 0.564. The van der Waals surface area contributed by atoms with E-state index in [1.54, 1.807) is 0 Å². The van der Waals surface area contributed by atoms with E-state index in [1.807, 2.05) is 0 Å². The van der Waals surface area contributed by atoms with Crippen LogP contribution in [0.15, 0.2) is 0 Å². The largest absolute Gasteiger partial charge is 0.394 e. The summed E-state index contributed by atoms with van der Waals surface area (Å²) in [6.45, 7) is -0.195. The van der Waals surface area contributed by atoms with Gasteiger partial charge in [0.15, 0.2) is 12.6 Å². The van der Waals surface area contributed by atoms with Gasteiger partial charge in [-0.15, -0.1) is 0 Å². The number of hydrogen-bond donors (Lipinski definition) is 8. The molecule has 2 aliphatic rings. The Morgan fingerprint density at radius 3 is 2.08 bits per heavy atom. The van der Waals surface area contributed by atoms with Crippen molar-refractivity contribution in [1.29, 1.82) is 0 Å². The summed E-state index contributed by atoms with van der Waals surface area (Å²) in [7, 11) is 0. The molecular weight excluding hydrogens is 358 g/mol. The average molecular weight is 383 g/mol. The molecule has 0 aromatic carbocycles. The number of aliphatic hydroxyl groups excluding tert-OH is 7. The summed E-state index contributed by atoms with van der Waals surface area (Å²) in [5.74, 6) is -0.564. The van der Waals surface area contributed by atoms with Gasteiger partial charge >= 0.3 is 0 Å². The molecule has 2 fully saturated rings. The predicted molar refractivity (Wildman–Crippen MR) is 80.2 cm³/mol. The van der Waals surface area contributed by atoms with Gasteiger partial charge in [0.25, 0.3) is 0 Å². The third kappa shape index (κ3) is 4.31. The standard InChI is InChI=1S/C14H25NO11/c1-4(18)15-7-9(20)12(6(3-17)24-13(7)23)26-14-11(22)10(21)8(19)5(2-16)25-14/h5-14,16-17,19-23H,2-3H2,1H3,(H,15,18)/t5?,6?,7?,8-,9?,10?,11?,12-,13-,14+/m1/s1. The maximum atomic E-state index is 11.2. The van der Waals surface area contributed by atoms with Crippen LogP contribution in [0.4, 0.5) is 0 Å². The van der Waals surface area contributed by atoms with Crippen molar-refractivity contribution in [3.05, 3.63) is 0 Å². The van der Waals surface area contributed by atoms with Crippen LogP contribution < -0.4 is 5.32 Å². The quantitative estimate of drug-likeness (QED) is 0.226. The van der Waals surface area contributed by atoms with E-state index in [2.05, 4.69) is 5.32 Å². The fourth-order valence-electron chi connectivity index (χ4n) is 2.98. The molecule has 0 aromatic rings. The van der Waals surface area contributed by atoms with Gasteiger partial charge in [0.2, 0.25) is 5.91 Å². The lowest BCUT2D eigenvalue weighted by Crippen LogP contribution is -2.67. The Bertz CT molecular complexity index is 478. The Hall–Kier alpha value is -0.930. The summed E-state index contributed by atoms with van der Waals surface area (Å²) < 4.78 is 15.7. The van der Waals surface area contributed by atoms with E-state index < -0.39 is 80.5 Å². The van der Waals surface area contributed by atoms with Crippen LogP contribution in [0.5, 0.6) is 0 Å². The molecule has 26 heavy (non-hydrogen) atoms. The lowest BCUT2D eigenvalue weighted by Gasteiger charge is -2.46. The summed E-state index contributed by atoms with van der Waals surface area (Å²) in [5.41, 5.74) is 0. The van der Waals surface area contributed by atoms with Gasteiger partial charge in [-0.3, -0.25) is 4.79 Å². The Balaban J connectivity index is 2.16. The molecular formula is C14H25NO11. The number of hydrogen-bond acceptors (Lipinski definition) is 11. The molecule has 12 nitrogen and oxygen atoms in total. The van der Waals surface area contributed by atoms with Crippen molar-refractivity contribution in [3.63, 3.8) is 0 Å². The first-order valence-corrected chi connectivity index (χ1v) is 8.06. The van der Waals surface area contributed by atoms with Crippen molar-refractivity contribution in [2.45, 2.75) is 68.3 Å². The van der Waals surface area contributed by atoms with E-state index in [0.29, 0.717) is 0 Å². The normalized spacial score (nSPS) is 46.8. The molecule has 10 atom stereocenters. The molecule has 152 valence electrons. The Labute approximate surface area is 148 Å². The summed E-state index contributed by atoms with van der Waals surface area (Å²) in [6, 6.07) is -1.29. The first-order chi connectivity index (χ1) is 12.2. The molecule has 0 bridgehead atoms. The first kappa shape index (κ1) is 21.4. The van der Waals surface area contributed by atoms with Crippen LogP contribution in [-0.4, -0.2) is 116 Å². The van der Waals surface area contributed by atoms with Crippen molar-refractivity contribution in [1.82, 2.24) is 5.32 Å². The van der Waals surface area contributed by atoms with E-state index in [-0.39, 0.29) is 0 Å². The van der Waals surface area contributed by atoms with Crippen LogP contribution in [0.25, 0.3) is 0 Å². The highest BCUT2D eigenvalue weighted by molar-refractivity contribution is 5.73. The van der Waals surface area contributed by atoms with Gasteiger partial charge in [-0.05, 0) is 0 Å². The van der Waals surface area contributed by atoms with Crippen molar-refractivity contribution < 1.29 is 54.8 Å². The van der Waals surface area contributed by atoms with E-state index >= 15 is 0 Å². The second kappa shape index (κ2) is 8.84. The Morgan fingerprint density at radius 2 is 1.54 bits per heavy atom. The topological polar surface area (TPSA) is 198 Å². The van der Waals surface area contributed by atoms with Gasteiger partial charge in [-0.2, -0.15) is 0 Å². The third-order valence-corrected chi connectivity index (χ3v) is 4.38. The second-order valence-corrected chi connectivity index (χ2v) is 6.26.